The Kier molecular flexibility index (Phi) is 3.43. The van der Waals surface area contributed by atoms with E-state index in [0.717, 1.165) is 25.9 Å². The Labute approximate surface area is 95.3 Å². The van der Waals surface area contributed by atoms with Crippen molar-refractivity contribution >= 4 is 11.8 Å². The fourth-order valence-corrected chi connectivity index (χ4v) is 2.41. The van der Waals surface area contributed by atoms with E-state index < -0.39 is 0 Å². The number of carbonyl (C=O) groups excluding carboxylic acids is 2. The summed E-state index contributed by atoms with van der Waals surface area (Å²) in [6.07, 6.45) is 1.79. The second-order valence-electron chi connectivity index (χ2n) is 4.38. The molecule has 5 heteroatoms. The Bertz CT molecular complexity index is 285. The molecule has 0 aromatic heterocycles. The molecule has 16 heavy (non-hydrogen) atoms. The highest BCUT2D eigenvalue weighted by molar-refractivity contribution is 5.78. The summed E-state index contributed by atoms with van der Waals surface area (Å²) in [7, 11) is 0. The number of piperidine rings is 1. The number of likely N-dealkylation sites (tertiary alicyclic amines) is 1. The van der Waals surface area contributed by atoms with Crippen LogP contribution in [-0.2, 0) is 14.3 Å². The third-order valence-corrected chi connectivity index (χ3v) is 3.37. The molecule has 0 atom stereocenters. The molecule has 0 spiro atoms. The molecule has 0 saturated carbocycles. The van der Waals surface area contributed by atoms with Crippen molar-refractivity contribution in [2.45, 2.75) is 25.8 Å². The van der Waals surface area contributed by atoms with Crippen LogP contribution in [0.3, 0.4) is 0 Å². The average molecular weight is 226 g/mol. The first-order valence-electron chi connectivity index (χ1n) is 5.81. The number of ether oxygens (including phenoxy) is 1. The van der Waals surface area contributed by atoms with E-state index in [1.165, 1.54) is 0 Å². The maximum atomic E-state index is 11.6. The van der Waals surface area contributed by atoms with E-state index in [0.29, 0.717) is 19.2 Å². The van der Waals surface area contributed by atoms with Gasteiger partial charge in [-0.15, -0.1) is 0 Å². The van der Waals surface area contributed by atoms with Gasteiger partial charge in [-0.25, -0.2) is 0 Å². The lowest BCUT2D eigenvalue weighted by Crippen LogP contribution is -2.52. The Morgan fingerprint density at radius 3 is 2.56 bits per heavy atom. The molecule has 90 valence electrons. The molecule has 2 fully saturated rings. The summed E-state index contributed by atoms with van der Waals surface area (Å²) in [5.74, 6) is 0.222. The third kappa shape index (κ3) is 2.35. The summed E-state index contributed by atoms with van der Waals surface area (Å²) >= 11 is 0. The molecular formula is C11H18N2O3. The van der Waals surface area contributed by atoms with E-state index in [4.69, 9.17) is 4.74 Å². The second kappa shape index (κ2) is 4.82. The molecule has 2 aliphatic rings. The highest BCUT2D eigenvalue weighted by atomic mass is 16.5. The molecule has 0 aromatic carbocycles. The molecule has 0 aliphatic carbocycles. The van der Waals surface area contributed by atoms with Crippen LogP contribution in [0.25, 0.3) is 0 Å². The van der Waals surface area contributed by atoms with Crippen molar-refractivity contribution in [3.05, 3.63) is 0 Å². The number of nitrogens with zero attached hydrogens (tertiary/aromatic N) is 2. The Morgan fingerprint density at radius 2 is 2.00 bits per heavy atom. The SMILES string of the molecule is CC(=O)N1CCC(N2CCOCC2=O)CC1. The van der Waals surface area contributed by atoms with Gasteiger partial charge in [0.15, 0.2) is 0 Å². The number of morpholine rings is 1. The topological polar surface area (TPSA) is 49.9 Å². The van der Waals surface area contributed by atoms with Crippen LogP contribution < -0.4 is 0 Å². The molecule has 0 bridgehead atoms. The minimum atomic E-state index is 0.0903. The first-order valence-corrected chi connectivity index (χ1v) is 5.81. The van der Waals surface area contributed by atoms with E-state index in [1.54, 1.807) is 6.92 Å². The predicted octanol–water partition coefficient (Wildman–Crippen LogP) is -0.144. The van der Waals surface area contributed by atoms with Gasteiger partial charge in [0.2, 0.25) is 11.8 Å². The summed E-state index contributed by atoms with van der Waals surface area (Å²) < 4.78 is 5.11. The molecule has 2 rings (SSSR count). The van der Waals surface area contributed by atoms with Crippen LogP contribution in [-0.4, -0.2) is 60.5 Å². The van der Waals surface area contributed by atoms with Gasteiger partial charge in [0, 0.05) is 32.6 Å². The Balaban J connectivity index is 1.88. The monoisotopic (exact) mass is 226 g/mol. The van der Waals surface area contributed by atoms with E-state index in [2.05, 4.69) is 0 Å². The zero-order valence-corrected chi connectivity index (χ0v) is 9.65. The van der Waals surface area contributed by atoms with Crippen molar-refractivity contribution in [3.8, 4) is 0 Å². The van der Waals surface area contributed by atoms with Crippen molar-refractivity contribution in [2.24, 2.45) is 0 Å². The van der Waals surface area contributed by atoms with Crippen LogP contribution in [0.4, 0.5) is 0 Å². The minimum absolute atomic E-state index is 0.0903. The highest BCUT2D eigenvalue weighted by Crippen LogP contribution is 2.18. The Morgan fingerprint density at radius 1 is 1.31 bits per heavy atom. The lowest BCUT2D eigenvalue weighted by Gasteiger charge is -2.39. The number of amides is 2. The predicted molar refractivity (Wildman–Crippen MR) is 57.8 cm³/mol. The van der Waals surface area contributed by atoms with E-state index >= 15 is 0 Å². The standard InChI is InChI=1S/C11H18N2O3/c1-9(14)12-4-2-10(3-5-12)13-6-7-16-8-11(13)15/h10H,2-8H2,1H3. The quantitative estimate of drug-likeness (QED) is 0.625. The van der Waals surface area contributed by atoms with Crippen molar-refractivity contribution in [3.63, 3.8) is 0 Å². The molecule has 2 aliphatic heterocycles. The van der Waals surface area contributed by atoms with Crippen LogP contribution in [0.5, 0.6) is 0 Å². The molecular weight excluding hydrogens is 208 g/mol. The summed E-state index contributed by atoms with van der Waals surface area (Å²) in [4.78, 5) is 26.6. The van der Waals surface area contributed by atoms with Crippen LogP contribution >= 0.6 is 0 Å². The molecule has 0 unspecified atom stereocenters. The van der Waals surface area contributed by atoms with Crippen LogP contribution in [0.15, 0.2) is 0 Å². The van der Waals surface area contributed by atoms with Gasteiger partial charge < -0.3 is 14.5 Å². The smallest absolute Gasteiger partial charge is 0.248 e. The van der Waals surface area contributed by atoms with Crippen molar-refractivity contribution in [2.75, 3.05) is 32.8 Å². The van der Waals surface area contributed by atoms with Gasteiger partial charge >= 0.3 is 0 Å². The molecule has 5 nitrogen and oxygen atoms in total. The van der Waals surface area contributed by atoms with Gasteiger partial charge in [-0.1, -0.05) is 0 Å². The van der Waals surface area contributed by atoms with E-state index in [1.807, 2.05) is 9.80 Å². The lowest BCUT2D eigenvalue weighted by molar-refractivity contribution is -0.147. The molecule has 0 aromatic rings. The van der Waals surface area contributed by atoms with E-state index in [9.17, 15) is 9.59 Å². The van der Waals surface area contributed by atoms with Crippen molar-refractivity contribution in [1.82, 2.24) is 9.80 Å². The maximum Gasteiger partial charge on any atom is 0.248 e. The van der Waals surface area contributed by atoms with Gasteiger partial charge in [0.05, 0.1) is 6.61 Å². The van der Waals surface area contributed by atoms with Crippen LogP contribution in [0.1, 0.15) is 19.8 Å². The van der Waals surface area contributed by atoms with Gasteiger partial charge in [0.25, 0.3) is 0 Å². The molecule has 0 N–H and O–H groups in total. The number of carbonyl (C=O) groups is 2. The number of hydrogen-bond donors (Lipinski definition) is 0. The number of hydrogen-bond acceptors (Lipinski definition) is 3. The third-order valence-electron chi connectivity index (χ3n) is 3.37. The summed E-state index contributed by atoms with van der Waals surface area (Å²) in [5.41, 5.74) is 0. The first kappa shape index (κ1) is 11.4. The normalized spacial score (nSPS) is 23.7. The highest BCUT2D eigenvalue weighted by Gasteiger charge is 2.30. The summed E-state index contributed by atoms with van der Waals surface area (Å²) in [6.45, 7) is 4.69. The lowest BCUT2D eigenvalue weighted by atomic mass is 10.0. The van der Waals surface area contributed by atoms with Crippen LogP contribution in [0.2, 0.25) is 0 Å². The number of rotatable bonds is 1. The van der Waals surface area contributed by atoms with E-state index in [-0.39, 0.29) is 18.4 Å². The summed E-state index contributed by atoms with van der Waals surface area (Å²) in [6, 6.07) is 0.298. The Hall–Kier alpha value is -1.10. The van der Waals surface area contributed by atoms with Crippen molar-refractivity contribution < 1.29 is 14.3 Å². The van der Waals surface area contributed by atoms with Crippen molar-refractivity contribution in [1.29, 1.82) is 0 Å². The van der Waals surface area contributed by atoms with Gasteiger partial charge in [0.1, 0.15) is 6.61 Å². The van der Waals surface area contributed by atoms with Gasteiger partial charge in [-0.05, 0) is 12.8 Å². The van der Waals surface area contributed by atoms with Crippen LogP contribution in [0, 0.1) is 0 Å². The average Bonchev–Trinajstić information content (AvgIpc) is 2.30. The van der Waals surface area contributed by atoms with Gasteiger partial charge in [-0.2, -0.15) is 0 Å². The fraction of sp³-hybridized carbons (Fsp3) is 0.818. The first-order chi connectivity index (χ1) is 7.68. The van der Waals surface area contributed by atoms with Gasteiger partial charge in [-0.3, -0.25) is 9.59 Å². The molecule has 0 radical (unpaired) electrons. The molecule has 2 amide bonds. The second-order valence-corrected chi connectivity index (χ2v) is 4.38. The fourth-order valence-electron chi connectivity index (χ4n) is 2.41. The largest absolute Gasteiger partial charge is 0.370 e. The summed E-state index contributed by atoms with van der Waals surface area (Å²) in [5, 5.41) is 0. The minimum Gasteiger partial charge on any atom is -0.370 e. The maximum absolute atomic E-state index is 11.6. The zero-order chi connectivity index (χ0) is 11.5. The molecule has 2 heterocycles. The zero-order valence-electron chi connectivity index (χ0n) is 9.65. The molecule has 2 saturated heterocycles.